The maximum atomic E-state index is 11.7. The second kappa shape index (κ2) is 9.55. The number of benzene rings is 1. The Morgan fingerprint density at radius 1 is 1.00 bits per heavy atom. The molecule has 1 N–H and O–H groups in total. The van der Waals surface area contributed by atoms with Gasteiger partial charge in [0.2, 0.25) is 6.29 Å². The molecule has 1 unspecified atom stereocenters. The first-order valence-electron chi connectivity index (χ1n) is 7.12. The van der Waals surface area contributed by atoms with Crippen LogP contribution in [-0.2, 0) is 30.3 Å². The highest BCUT2D eigenvalue weighted by Crippen LogP contribution is 2.06. The molecule has 1 aromatic carbocycles. The van der Waals surface area contributed by atoms with E-state index in [9.17, 15) is 14.4 Å². The van der Waals surface area contributed by atoms with Crippen LogP contribution >= 0.6 is 0 Å². The normalized spacial score (nSPS) is 11.5. The topological polar surface area (TPSA) is 89.9 Å². The number of rotatable bonds is 9. The van der Waals surface area contributed by atoms with Crippen molar-refractivity contribution >= 4 is 17.9 Å². The highest BCUT2D eigenvalue weighted by Gasteiger charge is 2.14. The summed E-state index contributed by atoms with van der Waals surface area (Å²) in [6.07, 6.45) is 0.121. The number of unbranched alkanes of at least 4 members (excludes halogenated alkanes) is 1. The van der Waals surface area contributed by atoms with Crippen LogP contribution in [0.5, 0.6) is 0 Å². The molecule has 0 amide bonds. The van der Waals surface area contributed by atoms with Gasteiger partial charge in [0.15, 0.2) is 0 Å². The Balaban J connectivity index is 2.21. The van der Waals surface area contributed by atoms with Gasteiger partial charge in [0, 0.05) is 19.8 Å². The number of carbonyl (C=O) groups excluding carboxylic acids is 2. The minimum absolute atomic E-state index is 0.0227. The van der Waals surface area contributed by atoms with Gasteiger partial charge in [-0.15, -0.1) is 0 Å². The lowest BCUT2D eigenvalue weighted by Gasteiger charge is -2.14. The average molecular weight is 308 g/mol. The molecular formula is C16H20O6. The molecule has 0 saturated carbocycles. The Hall–Kier alpha value is -2.37. The summed E-state index contributed by atoms with van der Waals surface area (Å²) in [4.78, 5) is 33.5. The van der Waals surface area contributed by atoms with E-state index in [1.165, 1.54) is 6.92 Å². The van der Waals surface area contributed by atoms with Crippen LogP contribution in [0.1, 0.15) is 38.2 Å². The fourth-order valence-electron chi connectivity index (χ4n) is 1.80. The summed E-state index contributed by atoms with van der Waals surface area (Å²) in [7, 11) is 0. The van der Waals surface area contributed by atoms with Gasteiger partial charge in [-0.25, -0.2) is 0 Å². The minimum atomic E-state index is -0.955. The molecule has 0 aromatic heterocycles. The molecule has 6 nitrogen and oxygen atoms in total. The van der Waals surface area contributed by atoms with Crippen LogP contribution < -0.4 is 0 Å². The van der Waals surface area contributed by atoms with Gasteiger partial charge >= 0.3 is 17.9 Å². The Bertz CT molecular complexity index is 497. The molecule has 0 aliphatic heterocycles. The van der Waals surface area contributed by atoms with Crippen LogP contribution in [0.3, 0.4) is 0 Å². The first-order valence-corrected chi connectivity index (χ1v) is 7.12. The maximum Gasteiger partial charge on any atom is 0.313 e. The molecule has 1 atom stereocenters. The number of ether oxygens (including phenoxy) is 2. The van der Waals surface area contributed by atoms with Crippen LogP contribution in [-0.4, -0.2) is 29.3 Å². The van der Waals surface area contributed by atoms with Crippen LogP contribution in [0.25, 0.3) is 0 Å². The number of hydrogen-bond donors (Lipinski definition) is 1. The summed E-state index contributed by atoms with van der Waals surface area (Å²) in [6.45, 7) is 1.47. The summed E-state index contributed by atoms with van der Waals surface area (Å²) in [5.41, 5.74) is 0.819. The molecule has 1 rings (SSSR count). The summed E-state index contributed by atoms with van der Waals surface area (Å²) in [6, 6.07) is 9.11. The van der Waals surface area contributed by atoms with Crippen LogP contribution in [0.4, 0.5) is 0 Å². The Labute approximate surface area is 129 Å². The monoisotopic (exact) mass is 308 g/mol. The molecule has 0 aliphatic carbocycles. The minimum Gasteiger partial charge on any atom is -0.481 e. The fraction of sp³-hybridized carbons (Fsp3) is 0.438. The van der Waals surface area contributed by atoms with Crippen molar-refractivity contribution in [2.24, 2.45) is 0 Å². The van der Waals surface area contributed by atoms with Crippen molar-refractivity contribution in [3.8, 4) is 0 Å². The van der Waals surface area contributed by atoms with E-state index in [4.69, 9.17) is 14.6 Å². The Kier molecular flexibility index (Phi) is 7.67. The van der Waals surface area contributed by atoms with E-state index in [-0.39, 0.29) is 19.3 Å². The van der Waals surface area contributed by atoms with E-state index in [2.05, 4.69) is 0 Å². The van der Waals surface area contributed by atoms with Gasteiger partial charge in [-0.3, -0.25) is 14.4 Å². The molecule has 0 aliphatic rings. The van der Waals surface area contributed by atoms with Gasteiger partial charge in [-0.05, 0) is 18.4 Å². The Morgan fingerprint density at radius 3 is 2.23 bits per heavy atom. The van der Waals surface area contributed by atoms with E-state index in [1.54, 1.807) is 12.1 Å². The first-order chi connectivity index (χ1) is 10.5. The summed E-state index contributed by atoms with van der Waals surface area (Å²) in [5, 5.41) is 8.47. The highest BCUT2D eigenvalue weighted by atomic mass is 16.7. The molecule has 0 spiro atoms. The average Bonchev–Trinajstić information content (AvgIpc) is 2.44. The molecule has 0 radical (unpaired) electrons. The third-order valence-corrected chi connectivity index (χ3v) is 2.81. The molecular weight excluding hydrogens is 288 g/mol. The molecule has 0 bridgehead atoms. The first kappa shape index (κ1) is 17.7. The lowest BCUT2D eigenvalue weighted by atomic mass is 10.2. The zero-order valence-corrected chi connectivity index (χ0v) is 12.5. The van der Waals surface area contributed by atoms with Crippen LogP contribution in [0.2, 0.25) is 0 Å². The molecule has 6 heteroatoms. The largest absolute Gasteiger partial charge is 0.481 e. The third kappa shape index (κ3) is 8.04. The number of carbonyl (C=O) groups is 3. The van der Waals surface area contributed by atoms with Crippen molar-refractivity contribution in [1.82, 2.24) is 0 Å². The quantitative estimate of drug-likeness (QED) is 0.428. The van der Waals surface area contributed by atoms with Gasteiger partial charge in [-0.1, -0.05) is 30.3 Å². The van der Waals surface area contributed by atoms with E-state index in [0.29, 0.717) is 12.8 Å². The van der Waals surface area contributed by atoms with Gasteiger partial charge in [0.05, 0.1) is 6.42 Å². The van der Waals surface area contributed by atoms with E-state index in [0.717, 1.165) is 5.56 Å². The smallest absolute Gasteiger partial charge is 0.313 e. The zero-order valence-electron chi connectivity index (χ0n) is 12.5. The molecule has 0 fully saturated rings. The lowest BCUT2D eigenvalue weighted by molar-refractivity contribution is -0.184. The van der Waals surface area contributed by atoms with Crippen molar-refractivity contribution in [2.75, 3.05) is 0 Å². The SMILES string of the molecule is CC(OC(=O)CCCCC(=O)O)OC(=O)Cc1ccccc1. The van der Waals surface area contributed by atoms with Crippen molar-refractivity contribution in [1.29, 1.82) is 0 Å². The second-order valence-corrected chi connectivity index (χ2v) is 4.81. The standard InChI is InChI=1S/C16H20O6/c1-12(21-15(19)10-6-5-9-14(17)18)22-16(20)11-13-7-3-2-4-8-13/h2-4,7-8,12H,5-6,9-11H2,1H3,(H,17,18). The molecule has 0 heterocycles. The Morgan fingerprint density at radius 2 is 1.59 bits per heavy atom. The number of aliphatic carboxylic acids is 1. The zero-order chi connectivity index (χ0) is 16.4. The number of carboxylic acid groups (broad SMARTS) is 1. The van der Waals surface area contributed by atoms with E-state index >= 15 is 0 Å². The predicted octanol–water partition coefficient (Wildman–Crippen LogP) is 2.31. The number of carboxylic acids is 1. The summed E-state index contributed by atoms with van der Waals surface area (Å²) < 4.78 is 9.93. The van der Waals surface area contributed by atoms with Crippen LogP contribution in [0.15, 0.2) is 30.3 Å². The second-order valence-electron chi connectivity index (χ2n) is 4.81. The van der Waals surface area contributed by atoms with E-state index < -0.39 is 24.2 Å². The number of esters is 2. The van der Waals surface area contributed by atoms with Gasteiger partial charge in [-0.2, -0.15) is 0 Å². The van der Waals surface area contributed by atoms with Crippen molar-refractivity contribution < 1.29 is 29.0 Å². The van der Waals surface area contributed by atoms with Gasteiger partial charge in [0.25, 0.3) is 0 Å². The lowest BCUT2D eigenvalue weighted by Crippen LogP contribution is -2.22. The van der Waals surface area contributed by atoms with Crippen LogP contribution in [0, 0.1) is 0 Å². The predicted molar refractivity (Wildman–Crippen MR) is 77.9 cm³/mol. The molecule has 120 valence electrons. The van der Waals surface area contributed by atoms with Crippen molar-refractivity contribution in [3.63, 3.8) is 0 Å². The third-order valence-electron chi connectivity index (χ3n) is 2.81. The van der Waals surface area contributed by atoms with Gasteiger partial charge < -0.3 is 14.6 Å². The van der Waals surface area contributed by atoms with Crippen molar-refractivity contribution in [2.45, 2.75) is 45.3 Å². The van der Waals surface area contributed by atoms with E-state index in [1.807, 2.05) is 18.2 Å². The van der Waals surface area contributed by atoms with Gasteiger partial charge in [0.1, 0.15) is 0 Å². The maximum absolute atomic E-state index is 11.7. The number of hydrogen-bond acceptors (Lipinski definition) is 5. The fourth-order valence-corrected chi connectivity index (χ4v) is 1.80. The molecule has 22 heavy (non-hydrogen) atoms. The summed E-state index contributed by atoms with van der Waals surface area (Å²) in [5.74, 6) is -1.88. The molecule has 0 saturated heterocycles. The summed E-state index contributed by atoms with van der Waals surface area (Å²) >= 11 is 0. The van der Waals surface area contributed by atoms with Crippen molar-refractivity contribution in [3.05, 3.63) is 35.9 Å². The highest BCUT2D eigenvalue weighted by molar-refractivity contribution is 5.73. The molecule has 1 aromatic rings.